The lowest BCUT2D eigenvalue weighted by molar-refractivity contribution is 0.322. The number of aromatic nitrogens is 1. The van der Waals surface area contributed by atoms with Gasteiger partial charge < -0.3 is 10.1 Å². The molecule has 0 amide bonds. The van der Waals surface area contributed by atoms with Crippen LogP contribution in [0.15, 0.2) is 18.5 Å². The van der Waals surface area contributed by atoms with Gasteiger partial charge in [-0.05, 0) is 6.42 Å². The predicted octanol–water partition coefficient (Wildman–Crippen LogP) is 1.28. The summed E-state index contributed by atoms with van der Waals surface area (Å²) >= 11 is 0. The molecule has 11 heavy (non-hydrogen) atoms. The van der Waals surface area contributed by atoms with E-state index in [2.05, 4.69) is 10.3 Å². The van der Waals surface area contributed by atoms with Gasteiger partial charge in [0.25, 0.3) is 0 Å². The van der Waals surface area contributed by atoms with E-state index in [1.165, 1.54) is 0 Å². The quantitative estimate of drug-likeness (QED) is 0.604. The number of anilines is 1. The van der Waals surface area contributed by atoms with Crippen molar-refractivity contribution in [3.63, 3.8) is 0 Å². The molecule has 2 rings (SSSR count). The van der Waals surface area contributed by atoms with Gasteiger partial charge in [0.1, 0.15) is 5.75 Å². The molecule has 0 saturated carbocycles. The number of fused-ring (bicyclic) bond motifs is 1. The van der Waals surface area contributed by atoms with Crippen LogP contribution >= 0.6 is 0 Å². The highest BCUT2D eigenvalue weighted by atomic mass is 16.5. The number of hydrogen-bond donors (Lipinski definition) is 1. The molecular weight excluding hydrogens is 140 g/mol. The average molecular weight is 150 g/mol. The normalized spacial score (nSPS) is 15.6. The minimum absolute atomic E-state index is 0.796. The van der Waals surface area contributed by atoms with Crippen LogP contribution in [0.4, 0.5) is 5.69 Å². The molecule has 0 fully saturated rings. The smallest absolute Gasteiger partial charge is 0.145 e. The lowest BCUT2D eigenvalue weighted by Crippen LogP contribution is -2.00. The molecule has 2 heterocycles. The molecule has 0 saturated heterocycles. The van der Waals surface area contributed by atoms with Gasteiger partial charge in [-0.2, -0.15) is 0 Å². The van der Waals surface area contributed by atoms with Gasteiger partial charge >= 0.3 is 0 Å². The first-order valence-corrected chi connectivity index (χ1v) is 3.77. The lowest BCUT2D eigenvalue weighted by Gasteiger charge is -2.04. The van der Waals surface area contributed by atoms with Crippen LogP contribution in [0.25, 0.3) is 0 Å². The Labute approximate surface area is 65.4 Å². The third-order valence-electron chi connectivity index (χ3n) is 1.68. The van der Waals surface area contributed by atoms with E-state index in [9.17, 15) is 0 Å². The first-order valence-electron chi connectivity index (χ1n) is 3.77. The fourth-order valence-electron chi connectivity index (χ4n) is 1.12. The van der Waals surface area contributed by atoms with Gasteiger partial charge in [-0.3, -0.25) is 4.98 Å². The zero-order valence-electron chi connectivity index (χ0n) is 6.21. The Balaban J connectivity index is 2.33. The number of hydrogen-bond acceptors (Lipinski definition) is 3. The molecule has 58 valence electrons. The molecule has 1 aromatic rings. The molecule has 3 nitrogen and oxygen atoms in total. The van der Waals surface area contributed by atoms with E-state index < -0.39 is 0 Å². The Kier molecular flexibility index (Phi) is 1.63. The summed E-state index contributed by atoms with van der Waals surface area (Å²) < 4.78 is 5.45. The number of nitrogens with zero attached hydrogens (tertiary/aromatic N) is 1. The molecule has 1 aromatic heterocycles. The van der Waals surface area contributed by atoms with E-state index in [4.69, 9.17) is 4.74 Å². The van der Waals surface area contributed by atoms with E-state index in [1.54, 1.807) is 12.4 Å². The number of rotatable bonds is 0. The van der Waals surface area contributed by atoms with E-state index in [-0.39, 0.29) is 0 Å². The van der Waals surface area contributed by atoms with Crippen molar-refractivity contribution in [1.29, 1.82) is 0 Å². The minimum atomic E-state index is 0.796. The van der Waals surface area contributed by atoms with Crippen molar-refractivity contribution in [3.8, 4) is 5.75 Å². The summed E-state index contributed by atoms with van der Waals surface area (Å²) in [5, 5.41) is 3.24. The Morgan fingerprint density at radius 3 is 3.55 bits per heavy atom. The lowest BCUT2D eigenvalue weighted by atomic mass is 10.4. The van der Waals surface area contributed by atoms with Gasteiger partial charge in [0.05, 0.1) is 18.5 Å². The third kappa shape index (κ3) is 1.27. The van der Waals surface area contributed by atoms with Crippen molar-refractivity contribution in [2.24, 2.45) is 0 Å². The highest BCUT2D eigenvalue weighted by Crippen LogP contribution is 2.23. The first-order chi connectivity index (χ1) is 5.47. The molecule has 1 aliphatic rings. The van der Waals surface area contributed by atoms with Crippen LogP contribution in [0.5, 0.6) is 5.75 Å². The molecule has 0 unspecified atom stereocenters. The average Bonchev–Trinajstić information content (AvgIpc) is 2.28. The second-order valence-corrected chi connectivity index (χ2v) is 2.50. The highest BCUT2D eigenvalue weighted by Gasteiger charge is 2.05. The maximum absolute atomic E-state index is 5.45. The second kappa shape index (κ2) is 2.78. The molecule has 0 atom stereocenters. The Morgan fingerprint density at radius 2 is 2.55 bits per heavy atom. The molecule has 0 aromatic carbocycles. The summed E-state index contributed by atoms with van der Waals surface area (Å²) in [6.45, 7) is 1.77. The Hall–Kier alpha value is -1.25. The monoisotopic (exact) mass is 150 g/mol. The maximum Gasteiger partial charge on any atom is 0.145 e. The number of nitrogens with one attached hydrogen (secondary N) is 1. The van der Waals surface area contributed by atoms with Crippen LogP contribution in [0.1, 0.15) is 6.42 Å². The van der Waals surface area contributed by atoms with Crippen LogP contribution < -0.4 is 10.1 Å². The van der Waals surface area contributed by atoms with Crippen LogP contribution in [0, 0.1) is 0 Å². The fraction of sp³-hybridized carbons (Fsp3) is 0.375. The predicted molar refractivity (Wildman–Crippen MR) is 42.8 cm³/mol. The van der Waals surface area contributed by atoms with Crippen LogP contribution in [-0.2, 0) is 0 Å². The van der Waals surface area contributed by atoms with Gasteiger partial charge in [0, 0.05) is 18.8 Å². The highest BCUT2D eigenvalue weighted by molar-refractivity contribution is 5.54. The van der Waals surface area contributed by atoms with Gasteiger partial charge in [-0.25, -0.2) is 0 Å². The van der Waals surface area contributed by atoms with Gasteiger partial charge in [-0.1, -0.05) is 0 Å². The van der Waals surface area contributed by atoms with Crippen LogP contribution in [0.3, 0.4) is 0 Å². The van der Waals surface area contributed by atoms with Crippen molar-refractivity contribution >= 4 is 5.69 Å². The van der Waals surface area contributed by atoms with E-state index in [1.807, 2.05) is 6.07 Å². The third-order valence-corrected chi connectivity index (χ3v) is 1.68. The summed E-state index contributed by atoms with van der Waals surface area (Å²) in [4.78, 5) is 4.00. The molecule has 0 radical (unpaired) electrons. The molecule has 1 N–H and O–H groups in total. The molecule has 0 spiro atoms. The van der Waals surface area contributed by atoms with Crippen LogP contribution in [0.2, 0.25) is 0 Å². The second-order valence-electron chi connectivity index (χ2n) is 2.50. The van der Waals surface area contributed by atoms with Gasteiger partial charge in [-0.15, -0.1) is 0 Å². The topological polar surface area (TPSA) is 34.2 Å². The van der Waals surface area contributed by atoms with E-state index >= 15 is 0 Å². The summed E-state index contributed by atoms with van der Waals surface area (Å²) in [6, 6.07) is 1.88. The number of ether oxygens (including phenoxy) is 1. The SMILES string of the molecule is c1cc2c(cn1)NCCCO2. The molecule has 0 aliphatic carbocycles. The Morgan fingerprint density at radius 1 is 1.55 bits per heavy atom. The molecule has 3 heteroatoms. The van der Waals surface area contributed by atoms with E-state index in [0.717, 1.165) is 31.0 Å². The van der Waals surface area contributed by atoms with Gasteiger partial charge in [0.15, 0.2) is 0 Å². The summed E-state index contributed by atoms with van der Waals surface area (Å²) in [6.07, 6.45) is 4.58. The zero-order valence-corrected chi connectivity index (χ0v) is 6.21. The molecule has 0 bridgehead atoms. The van der Waals surface area contributed by atoms with Crippen molar-refractivity contribution in [3.05, 3.63) is 18.5 Å². The molecular formula is C8H10N2O. The zero-order chi connectivity index (χ0) is 7.52. The van der Waals surface area contributed by atoms with Crippen molar-refractivity contribution in [2.45, 2.75) is 6.42 Å². The summed E-state index contributed by atoms with van der Waals surface area (Å²) in [7, 11) is 0. The Bertz CT molecular complexity index is 225. The van der Waals surface area contributed by atoms with Crippen molar-refractivity contribution in [1.82, 2.24) is 4.98 Å². The maximum atomic E-state index is 5.45. The van der Waals surface area contributed by atoms with Crippen molar-refractivity contribution < 1.29 is 4.74 Å². The standard InChI is InChI=1S/C8H10N2O/c1-3-10-7-6-9-4-2-8(7)11-5-1/h2,4,6,10H,1,3,5H2. The largest absolute Gasteiger partial charge is 0.491 e. The minimum Gasteiger partial charge on any atom is -0.491 e. The summed E-state index contributed by atoms with van der Waals surface area (Å²) in [5.41, 5.74) is 1.00. The van der Waals surface area contributed by atoms with Crippen molar-refractivity contribution in [2.75, 3.05) is 18.5 Å². The fourth-order valence-corrected chi connectivity index (χ4v) is 1.12. The molecule has 1 aliphatic heterocycles. The van der Waals surface area contributed by atoms with Crippen LogP contribution in [-0.4, -0.2) is 18.1 Å². The first kappa shape index (κ1) is 6.46. The van der Waals surface area contributed by atoms with E-state index in [0.29, 0.717) is 0 Å². The van der Waals surface area contributed by atoms with Gasteiger partial charge in [0.2, 0.25) is 0 Å². The number of pyridine rings is 1. The summed E-state index contributed by atoms with van der Waals surface area (Å²) in [5.74, 6) is 0.914.